The normalized spacial score (nSPS) is 14.3. The number of halogens is 2. The van der Waals surface area contributed by atoms with Crippen molar-refractivity contribution in [3.63, 3.8) is 0 Å². The lowest BCUT2D eigenvalue weighted by molar-refractivity contribution is -0.127. The number of thioether (sulfide) groups is 1. The van der Waals surface area contributed by atoms with E-state index in [4.69, 9.17) is 32.7 Å². The number of benzene rings is 3. The van der Waals surface area contributed by atoms with Crippen LogP contribution in [0.5, 0.6) is 11.5 Å². The molecular weight excluding hydrogens is 535 g/mol. The highest BCUT2D eigenvalue weighted by Crippen LogP contribution is 2.35. The van der Waals surface area contributed by atoms with Gasteiger partial charge in [-0.1, -0.05) is 47.5 Å². The summed E-state index contributed by atoms with van der Waals surface area (Å²) >= 11 is 12.7. The number of carbonyl (C=O) groups is 3. The van der Waals surface area contributed by atoms with Crippen LogP contribution in [-0.2, 0) is 16.2 Å². The Labute approximate surface area is 228 Å². The number of hydrogen-bond donors (Lipinski definition) is 1. The lowest BCUT2D eigenvalue weighted by atomic mass is 10.1. The molecule has 0 aliphatic carbocycles. The van der Waals surface area contributed by atoms with Crippen molar-refractivity contribution in [3.05, 3.63) is 92.3 Å². The molecule has 0 saturated carbocycles. The molecule has 0 spiro atoms. The van der Waals surface area contributed by atoms with Crippen molar-refractivity contribution in [3.8, 4) is 11.5 Å². The van der Waals surface area contributed by atoms with Crippen LogP contribution >= 0.6 is 35.0 Å². The maximum atomic E-state index is 12.9. The number of aryl methyl sites for hydroxylation is 1. The predicted molar refractivity (Wildman–Crippen MR) is 146 cm³/mol. The molecule has 4 rings (SSSR count). The van der Waals surface area contributed by atoms with E-state index in [0.717, 1.165) is 27.8 Å². The zero-order chi connectivity index (χ0) is 26.5. The molecule has 7 nitrogen and oxygen atoms in total. The van der Waals surface area contributed by atoms with E-state index in [9.17, 15) is 14.4 Å². The van der Waals surface area contributed by atoms with Gasteiger partial charge in [0.25, 0.3) is 11.1 Å². The van der Waals surface area contributed by atoms with E-state index in [2.05, 4.69) is 5.32 Å². The van der Waals surface area contributed by atoms with Gasteiger partial charge in [-0.25, -0.2) is 0 Å². The van der Waals surface area contributed by atoms with Crippen LogP contribution in [-0.4, -0.2) is 35.6 Å². The topological polar surface area (TPSA) is 84.9 Å². The zero-order valence-corrected chi connectivity index (χ0v) is 22.2. The molecule has 0 unspecified atom stereocenters. The molecule has 1 fully saturated rings. The molecule has 3 aromatic carbocycles. The van der Waals surface area contributed by atoms with Crippen LogP contribution in [0.3, 0.4) is 0 Å². The molecule has 1 aliphatic rings. The minimum absolute atomic E-state index is 0.202. The first kappa shape index (κ1) is 26.6. The number of hydrogen-bond acceptors (Lipinski definition) is 6. The predicted octanol–water partition coefficient (Wildman–Crippen LogP) is 6.56. The molecule has 3 aromatic rings. The number of amides is 3. The van der Waals surface area contributed by atoms with Crippen LogP contribution in [0, 0.1) is 6.92 Å². The number of methoxy groups -OCH3 is 1. The van der Waals surface area contributed by atoms with Crippen molar-refractivity contribution >= 4 is 63.8 Å². The highest BCUT2D eigenvalue weighted by molar-refractivity contribution is 8.18. The summed E-state index contributed by atoms with van der Waals surface area (Å²) in [6.07, 6.45) is 1.58. The van der Waals surface area contributed by atoms with Crippen molar-refractivity contribution in [2.45, 2.75) is 13.5 Å². The Kier molecular flexibility index (Phi) is 8.43. The Morgan fingerprint density at radius 3 is 2.46 bits per heavy atom. The number of anilines is 1. The van der Waals surface area contributed by atoms with Gasteiger partial charge in [0, 0.05) is 15.7 Å². The minimum atomic E-state index is -0.546. The van der Waals surface area contributed by atoms with E-state index < -0.39 is 23.6 Å². The van der Waals surface area contributed by atoms with Gasteiger partial charge in [0.1, 0.15) is 13.2 Å². The molecule has 1 N–H and O–H groups in total. The van der Waals surface area contributed by atoms with Crippen LogP contribution in [0.4, 0.5) is 10.5 Å². The quantitative estimate of drug-likeness (QED) is 0.316. The van der Waals surface area contributed by atoms with Crippen LogP contribution in [0.15, 0.2) is 65.6 Å². The molecule has 10 heteroatoms. The van der Waals surface area contributed by atoms with Crippen LogP contribution < -0.4 is 14.8 Å². The Balaban J connectivity index is 1.43. The largest absolute Gasteiger partial charge is 0.493 e. The molecule has 1 saturated heterocycles. The van der Waals surface area contributed by atoms with E-state index in [1.54, 1.807) is 54.6 Å². The molecule has 190 valence electrons. The first-order valence-electron chi connectivity index (χ1n) is 11.1. The third-order valence-electron chi connectivity index (χ3n) is 5.44. The lowest BCUT2D eigenvalue weighted by Gasteiger charge is -2.14. The van der Waals surface area contributed by atoms with Gasteiger partial charge in [0.2, 0.25) is 5.91 Å². The first-order chi connectivity index (χ1) is 17.7. The van der Waals surface area contributed by atoms with Crippen LogP contribution in [0.2, 0.25) is 10.0 Å². The molecule has 37 heavy (non-hydrogen) atoms. The van der Waals surface area contributed by atoms with Gasteiger partial charge in [-0.2, -0.15) is 0 Å². The molecule has 0 bridgehead atoms. The van der Waals surface area contributed by atoms with Crippen molar-refractivity contribution in [2.24, 2.45) is 0 Å². The molecule has 0 atom stereocenters. The van der Waals surface area contributed by atoms with Crippen molar-refractivity contribution in [1.82, 2.24) is 4.90 Å². The van der Waals surface area contributed by atoms with E-state index in [0.29, 0.717) is 39.4 Å². The molecule has 0 radical (unpaired) electrons. The smallest absolute Gasteiger partial charge is 0.294 e. The van der Waals surface area contributed by atoms with Gasteiger partial charge in [-0.15, -0.1) is 0 Å². The second-order valence-corrected chi connectivity index (χ2v) is 9.97. The third-order valence-corrected chi connectivity index (χ3v) is 6.84. The Hall–Kier alpha value is -3.46. The standard InChI is InChI=1S/C27H22Cl2N2O5S/c1-16-3-7-20(29)13-21(16)30-25(32)14-31-26(33)24(37-27(31)34)12-18-6-10-22(23(11-18)35-2)36-15-17-4-8-19(28)9-5-17/h3-13H,14-15H2,1-2H3,(H,30,32)/b24-12+. The lowest BCUT2D eigenvalue weighted by Crippen LogP contribution is -2.36. The molecule has 0 aromatic heterocycles. The van der Waals surface area contributed by atoms with E-state index in [-0.39, 0.29) is 4.91 Å². The fourth-order valence-electron chi connectivity index (χ4n) is 3.48. The maximum absolute atomic E-state index is 12.9. The van der Waals surface area contributed by atoms with Crippen LogP contribution in [0.1, 0.15) is 16.7 Å². The zero-order valence-electron chi connectivity index (χ0n) is 19.9. The van der Waals surface area contributed by atoms with Gasteiger partial charge in [-0.3, -0.25) is 19.3 Å². The number of nitrogens with one attached hydrogen (secondary N) is 1. The van der Waals surface area contributed by atoms with Gasteiger partial charge in [0.15, 0.2) is 11.5 Å². The maximum Gasteiger partial charge on any atom is 0.294 e. The number of nitrogens with zero attached hydrogens (tertiary/aromatic N) is 1. The summed E-state index contributed by atoms with van der Waals surface area (Å²) in [5.74, 6) is -0.0540. The molecule has 3 amide bonds. The second-order valence-electron chi connectivity index (χ2n) is 8.10. The number of rotatable bonds is 8. The third kappa shape index (κ3) is 6.65. The van der Waals surface area contributed by atoms with Crippen molar-refractivity contribution in [1.29, 1.82) is 0 Å². The van der Waals surface area contributed by atoms with Gasteiger partial charge in [0.05, 0.1) is 12.0 Å². The fourth-order valence-corrected chi connectivity index (χ4v) is 4.62. The average Bonchev–Trinajstić information content (AvgIpc) is 3.13. The Morgan fingerprint density at radius 1 is 1.00 bits per heavy atom. The first-order valence-corrected chi connectivity index (χ1v) is 12.7. The number of ether oxygens (including phenoxy) is 2. The van der Waals surface area contributed by atoms with E-state index >= 15 is 0 Å². The van der Waals surface area contributed by atoms with E-state index in [1.807, 2.05) is 19.1 Å². The van der Waals surface area contributed by atoms with Gasteiger partial charge < -0.3 is 14.8 Å². The Bertz CT molecular complexity index is 1390. The number of imide groups is 1. The van der Waals surface area contributed by atoms with Gasteiger partial charge in [-0.05, 0) is 77.9 Å². The minimum Gasteiger partial charge on any atom is -0.493 e. The van der Waals surface area contributed by atoms with E-state index in [1.165, 1.54) is 7.11 Å². The number of carbonyl (C=O) groups excluding carboxylic acids is 3. The summed E-state index contributed by atoms with van der Waals surface area (Å²) in [5, 5.41) is 3.28. The molecule has 1 heterocycles. The monoisotopic (exact) mass is 556 g/mol. The van der Waals surface area contributed by atoms with Crippen molar-refractivity contribution in [2.75, 3.05) is 19.0 Å². The average molecular weight is 557 g/mol. The highest BCUT2D eigenvalue weighted by atomic mass is 35.5. The van der Waals surface area contributed by atoms with Crippen LogP contribution in [0.25, 0.3) is 6.08 Å². The summed E-state index contributed by atoms with van der Waals surface area (Å²) in [6.45, 7) is 1.73. The molecule has 1 aliphatic heterocycles. The summed E-state index contributed by atoms with van der Waals surface area (Å²) in [6, 6.07) is 17.6. The second kappa shape index (κ2) is 11.7. The molecular formula is C27H22Cl2N2O5S. The summed E-state index contributed by atoms with van der Waals surface area (Å²) in [4.78, 5) is 39.0. The Morgan fingerprint density at radius 2 is 1.73 bits per heavy atom. The summed E-state index contributed by atoms with van der Waals surface area (Å²) < 4.78 is 11.3. The summed E-state index contributed by atoms with van der Waals surface area (Å²) in [5.41, 5.74) is 2.91. The SMILES string of the molecule is COc1cc(/C=C2/SC(=O)N(CC(=O)Nc3cc(Cl)ccc3C)C2=O)ccc1OCc1ccc(Cl)cc1. The summed E-state index contributed by atoms with van der Waals surface area (Å²) in [7, 11) is 1.52. The fraction of sp³-hybridized carbons (Fsp3) is 0.148. The van der Waals surface area contributed by atoms with Crippen molar-refractivity contribution < 1.29 is 23.9 Å². The highest BCUT2D eigenvalue weighted by Gasteiger charge is 2.36. The van der Waals surface area contributed by atoms with Gasteiger partial charge >= 0.3 is 0 Å².